The highest BCUT2D eigenvalue weighted by atomic mass is 79.9. The summed E-state index contributed by atoms with van der Waals surface area (Å²) in [5.41, 5.74) is 0.957. The smallest absolute Gasteiger partial charge is 0.153 e. The van der Waals surface area contributed by atoms with Crippen LogP contribution in [0.2, 0.25) is 0 Å². The van der Waals surface area contributed by atoms with Gasteiger partial charge in [-0.1, -0.05) is 31.4 Å². The highest BCUT2D eigenvalue weighted by Crippen LogP contribution is 2.42. The number of aromatic nitrogens is 3. The van der Waals surface area contributed by atoms with Crippen LogP contribution in [0.15, 0.2) is 4.60 Å². The average molecular weight is 359 g/mol. The number of rotatable bonds is 7. The molecule has 0 radical (unpaired) electrons. The Morgan fingerprint density at radius 2 is 2.05 bits per heavy atom. The lowest BCUT2D eigenvalue weighted by molar-refractivity contribution is -0.0929. The molecule has 1 atom stereocenters. The van der Waals surface area contributed by atoms with Gasteiger partial charge in [0.25, 0.3) is 0 Å². The van der Waals surface area contributed by atoms with E-state index in [-0.39, 0.29) is 11.6 Å². The Labute approximate surface area is 135 Å². The van der Waals surface area contributed by atoms with Crippen molar-refractivity contribution in [1.82, 2.24) is 20.3 Å². The molecule has 21 heavy (non-hydrogen) atoms. The highest BCUT2D eigenvalue weighted by molar-refractivity contribution is 9.10. The van der Waals surface area contributed by atoms with Gasteiger partial charge in [-0.2, -0.15) is 0 Å². The third kappa shape index (κ3) is 3.66. The number of nitrogens with one attached hydrogen (secondary N) is 1. The number of hydrogen-bond donors (Lipinski definition) is 1. The maximum atomic E-state index is 6.31. The standard InChI is InChI=1S/C15H27BrN4O/c1-4-11-17-13(12-14(16)18-19-20(12)3)15(21-5-2)9-7-6-8-10-15/h13,17H,4-11H2,1-3H3. The summed E-state index contributed by atoms with van der Waals surface area (Å²) in [7, 11) is 1.95. The van der Waals surface area contributed by atoms with E-state index in [4.69, 9.17) is 4.74 Å². The molecule has 2 rings (SSSR count). The van der Waals surface area contributed by atoms with Gasteiger partial charge in [0.2, 0.25) is 0 Å². The molecule has 1 fully saturated rings. The second-order valence-electron chi connectivity index (χ2n) is 5.83. The Morgan fingerprint density at radius 1 is 1.33 bits per heavy atom. The van der Waals surface area contributed by atoms with E-state index >= 15 is 0 Å². The first-order valence-corrected chi connectivity index (χ1v) is 8.86. The van der Waals surface area contributed by atoms with Crippen molar-refractivity contribution in [3.8, 4) is 0 Å². The van der Waals surface area contributed by atoms with Gasteiger partial charge < -0.3 is 10.1 Å². The first-order chi connectivity index (χ1) is 10.1. The van der Waals surface area contributed by atoms with Crippen LogP contribution in [0.4, 0.5) is 0 Å². The molecule has 6 heteroatoms. The van der Waals surface area contributed by atoms with Crippen LogP contribution in [0.5, 0.6) is 0 Å². The van der Waals surface area contributed by atoms with Gasteiger partial charge in [0.05, 0.1) is 17.3 Å². The molecule has 0 aliphatic heterocycles. The Bertz CT molecular complexity index is 418. The minimum Gasteiger partial charge on any atom is -0.373 e. The van der Waals surface area contributed by atoms with E-state index in [0.29, 0.717) is 0 Å². The molecule has 0 aromatic carbocycles. The Kier molecular flexibility index (Phi) is 6.20. The van der Waals surface area contributed by atoms with E-state index in [0.717, 1.165) is 42.7 Å². The quantitative estimate of drug-likeness (QED) is 0.811. The van der Waals surface area contributed by atoms with Crippen LogP contribution in [-0.4, -0.2) is 33.7 Å². The number of aryl methyl sites for hydroxylation is 1. The lowest BCUT2D eigenvalue weighted by atomic mass is 9.77. The summed E-state index contributed by atoms with van der Waals surface area (Å²) in [6.45, 7) is 5.99. The second-order valence-corrected chi connectivity index (χ2v) is 6.59. The molecule has 0 bridgehead atoms. The zero-order chi connectivity index (χ0) is 15.3. The number of ether oxygens (including phenoxy) is 1. The van der Waals surface area contributed by atoms with Gasteiger partial charge >= 0.3 is 0 Å². The van der Waals surface area contributed by atoms with Crippen LogP contribution < -0.4 is 5.32 Å². The van der Waals surface area contributed by atoms with Crippen molar-refractivity contribution in [3.63, 3.8) is 0 Å². The molecule has 1 unspecified atom stereocenters. The van der Waals surface area contributed by atoms with Crippen molar-refractivity contribution in [2.75, 3.05) is 13.2 Å². The minimum atomic E-state index is -0.139. The molecule has 1 N–H and O–H groups in total. The molecule has 1 saturated carbocycles. The molecule has 120 valence electrons. The number of nitrogens with zero attached hydrogens (tertiary/aromatic N) is 3. The first kappa shape index (κ1) is 16.9. The first-order valence-electron chi connectivity index (χ1n) is 8.07. The van der Waals surface area contributed by atoms with E-state index in [1.165, 1.54) is 19.3 Å². The lowest BCUT2D eigenvalue weighted by Crippen LogP contribution is -2.48. The molecule has 0 spiro atoms. The fraction of sp³-hybridized carbons (Fsp3) is 0.867. The Balaban J connectivity index is 2.36. The molecule has 0 amide bonds. The van der Waals surface area contributed by atoms with Crippen LogP contribution in [0.1, 0.15) is 64.1 Å². The topological polar surface area (TPSA) is 52.0 Å². The molecular formula is C15H27BrN4O. The van der Waals surface area contributed by atoms with E-state index in [1.54, 1.807) is 0 Å². The average Bonchev–Trinajstić information content (AvgIpc) is 2.81. The van der Waals surface area contributed by atoms with Gasteiger partial charge in [0.1, 0.15) is 0 Å². The van der Waals surface area contributed by atoms with E-state index in [9.17, 15) is 0 Å². The van der Waals surface area contributed by atoms with Gasteiger partial charge in [-0.3, -0.25) is 0 Å². The van der Waals surface area contributed by atoms with Crippen molar-refractivity contribution < 1.29 is 4.74 Å². The normalized spacial score (nSPS) is 19.6. The van der Waals surface area contributed by atoms with Crippen molar-refractivity contribution in [1.29, 1.82) is 0 Å². The molecule has 1 heterocycles. The van der Waals surface area contributed by atoms with Crippen LogP contribution >= 0.6 is 15.9 Å². The van der Waals surface area contributed by atoms with E-state index < -0.39 is 0 Å². The summed E-state index contributed by atoms with van der Waals surface area (Å²) in [4.78, 5) is 0. The third-order valence-corrected chi connectivity index (χ3v) is 4.92. The lowest BCUT2D eigenvalue weighted by Gasteiger charge is -2.43. The van der Waals surface area contributed by atoms with Crippen LogP contribution in [0.25, 0.3) is 0 Å². The maximum Gasteiger partial charge on any atom is 0.153 e. The summed E-state index contributed by atoms with van der Waals surface area (Å²) >= 11 is 3.56. The van der Waals surface area contributed by atoms with Crippen LogP contribution in [0.3, 0.4) is 0 Å². The van der Waals surface area contributed by atoms with Crippen molar-refractivity contribution >= 4 is 15.9 Å². The molecule has 0 saturated heterocycles. The largest absolute Gasteiger partial charge is 0.373 e. The monoisotopic (exact) mass is 358 g/mol. The van der Waals surface area contributed by atoms with E-state index in [2.05, 4.69) is 45.4 Å². The highest BCUT2D eigenvalue weighted by Gasteiger charge is 2.43. The molecule has 1 aliphatic carbocycles. The van der Waals surface area contributed by atoms with Crippen molar-refractivity contribution in [3.05, 3.63) is 10.3 Å². The summed E-state index contributed by atoms with van der Waals surface area (Å²) in [5.74, 6) is 0. The predicted molar refractivity (Wildman–Crippen MR) is 87.2 cm³/mol. The van der Waals surface area contributed by atoms with E-state index in [1.807, 2.05) is 11.7 Å². The molecule has 1 aliphatic rings. The molecule has 1 aromatic rings. The van der Waals surface area contributed by atoms with Gasteiger partial charge in [0.15, 0.2) is 4.60 Å². The second kappa shape index (κ2) is 7.70. The fourth-order valence-electron chi connectivity index (χ4n) is 3.42. The minimum absolute atomic E-state index is 0.132. The Hall–Kier alpha value is -0.460. The van der Waals surface area contributed by atoms with Crippen LogP contribution in [-0.2, 0) is 11.8 Å². The van der Waals surface area contributed by atoms with Gasteiger partial charge in [-0.25, -0.2) is 4.68 Å². The summed E-state index contributed by atoms with van der Waals surface area (Å²) in [5, 5.41) is 12.0. The SMILES string of the molecule is CCCNC(c1c(Br)nnn1C)C1(OCC)CCCCC1. The molecule has 1 aromatic heterocycles. The van der Waals surface area contributed by atoms with Crippen molar-refractivity contribution in [2.45, 2.75) is 64.0 Å². The third-order valence-electron chi connectivity index (χ3n) is 4.36. The summed E-state index contributed by atoms with van der Waals surface area (Å²) in [6.07, 6.45) is 7.06. The zero-order valence-electron chi connectivity index (χ0n) is 13.4. The molecular weight excluding hydrogens is 332 g/mol. The number of hydrogen-bond acceptors (Lipinski definition) is 4. The fourth-order valence-corrected chi connectivity index (χ4v) is 3.98. The van der Waals surface area contributed by atoms with Gasteiger partial charge in [0, 0.05) is 13.7 Å². The Morgan fingerprint density at radius 3 is 2.57 bits per heavy atom. The summed E-state index contributed by atoms with van der Waals surface area (Å²) in [6, 6.07) is 0.132. The van der Waals surface area contributed by atoms with Crippen molar-refractivity contribution in [2.24, 2.45) is 7.05 Å². The summed E-state index contributed by atoms with van der Waals surface area (Å²) < 4.78 is 9.00. The predicted octanol–water partition coefficient (Wildman–Crippen LogP) is 3.36. The van der Waals surface area contributed by atoms with Gasteiger partial charge in [-0.05, 0) is 48.7 Å². The zero-order valence-corrected chi connectivity index (χ0v) is 14.9. The molecule has 5 nitrogen and oxygen atoms in total. The maximum absolute atomic E-state index is 6.31. The van der Waals surface area contributed by atoms with Gasteiger partial charge in [-0.15, -0.1) is 5.10 Å². The van der Waals surface area contributed by atoms with Crippen LogP contribution in [0, 0.1) is 0 Å². The number of halogens is 1.